The van der Waals surface area contributed by atoms with Crippen LogP contribution in [-0.2, 0) is 6.42 Å². The molecule has 0 bridgehead atoms. The number of carbonyl (C=O) groups is 1. The fourth-order valence-electron chi connectivity index (χ4n) is 3.40. The van der Waals surface area contributed by atoms with Gasteiger partial charge in [0, 0.05) is 50.4 Å². The van der Waals surface area contributed by atoms with Crippen LogP contribution in [0.25, 0.3) is 0 Å². The summed E-state index contributed by atoms with van der Waals surface area (Å²) in [5.74, 6) is 1.33. The van der Waals surface area contributed by atoms with E-state index in [4.69, 9.17) is 0 Å². The highest BCUT2D eigenvalue weighted by Gasteiger charge is 2.24. The van der Waals surface area contributed by atoms with Crippen LogP contribution < -0.4 is 10.2 Å². The third-order valence-electron chi connectivity index (χ3n) is 4.82. The van der Waals surface area contributed by atoms with Crippen molar-refractivity contribution >= 4 is 11.8 Å². The quantitative estimate of drug-likeness (QED) is 0.898. The number of anilines is 1. The Balaban J connectivity index is 1.83. The number of hydrogen-bond donors (Lipinski definition) is 1. The molecule has 2 aromatic rings. The van der Waals surface area contributed by atoms with Crippen molar-refractivity contribution in [1.29, 1.82) is 0 Å². The van der Waals surface area contributed by atoms with E-state index in [1.807, 2.05) is 31.7 Å². The molecule has 1 saturated heterocycles. The Labute approximate surface area is 159 Å². The lowest BCUT2D eigenvalue weighted by Gasteiger charge is -2.36. The Morgan fingerprint density at radius 3 is 2.52 bits per heavy atom. The average Bonchev–Trinajstić information content (AvgIpc) is 2.65. The second-order valence-electron chi connectivity index (χ2n) is 6.74. The first-order valence-electron chi connectivity index (χ1n) is 9.34. The van der Waals surface area contributed by atoms with Crippen molar-refractivity contribution in [3.05, 3.63) is 52.7 Å². The fraction of sp³-hybridized carbons (Fsp3) is 0.450. The van der Waals surface area contributed by atoms with Crippen LogP contribution in [-0.4, -0.2) is 53.6 Å². The molecule has 0 spiro atoms. The predicted molar refractivity (Wildman–Crippen MR) is 104 cm³/mol. The monoisotopic (exact) mass is 371 g/mol. The first-order chi connectivity index (χ1) is 13.0. The summed E-state index contributed by atoms with van der Waals surface area (Å²) >= 11 is 0. The van der Waals surface area contributed by atoms with Gasteiger partial charge in [-0.3, -0.25) is 0 Å². The molecule has 1 aliphatic heterocycles. The van der Waals surface area contributed by atoms with Crippen LogP contribution in [0, 0.1) is 19.7 Å². The van der Waals surface area contributed by atoms with Gasteiger partial charge in [-0.1, -0.05) is 18.2 Å². The maximum Gasteiger partial charge on any atom is 0.317 e. The van der Waals surface area contributed by atoms with Crippen LogP contribution >= 0.6 is 0 Å². The molecule has 0 unspecified atom stereocenters. The molecule has 2 amide bonds. The standard InChI is InChI=1S/C20H26FN5O/c1-4-22-20(27)26-11-9-25(10-12-26)19-17(14(2)23-15(3)24-19)13-16-7-5-6-8-18(16)21/h5-8H,4,9-13H2,1-3H3,(H,22,27). The Kier molecular flexibility index (Phi) is 5.88. The Morgan fingerprint density at radius 2 is 1.85 bits per heavy atom. The number of hydrogen-bond acceptors (Lipinski definition) is 4. The number of carbonyl (C=O) groups excluding carboxylic acids is 1. The number of urea groups is 1. The van der Waals surface area contributed by atoms with E-state index in [2.05, 4.69) is 20.2 Å². The SMILES string of the molecule is CCNC(=O)N1CCN(c2nc(C)nc(C)c2Cc2ccccc2F)CC1. The summed E-state index contributed by atoms with van der Waals surface area (Å²) in [4.78, 5) is 25.2. The Bertz CT molecular complexity index is 818. The number of nitrogens with one attached hydrogen (secondary N) is 1. The molecule has 0 radical (unpaired) electrons. The van der Waals surface area contributed by atoms with Gasteiger partial charge >= 0.3 is 6.03 Å². The number of aromatic nitrogens is 2. The molecule has 3 rings (SSSR count). The van der Waals surface area contributed by atoms with Crippen molar-refractivity contribution in [2.24, 2.45) is 0 Å². The van der Waals surface area contributed by atoms with Crippen molar-refractivity contribution in [3.63, 3.8) is 0 Å². The van der Waals surface area contributed by atoms with E-state index in [0.29, 0.717) is 50.5 Å². The number of benzene rings is 1. The Morgan fingerprint density at radius 1 is 1.15 bits per heavy atom. The molecule has 144 valence electrons. The highest BCUT2D eigenvalue weighted by Crippen LogP contribution is 2.26. The summed E-state index contributed by atoms with van der Waals surface area (Å²) in [6, 6.07) is 6.78. The zero-order valence-corrected chi connectivity index (χ0v) is 16.1. The van der Waals surface area contributed by atoms with E-state index < -0.39 is 0 Å². The van der Waals surface area contributed by atoms with Crippen LogP contribution in [0.3, 0.4) is 0 Å². The highest BCUT2D eigenvalue weighted by molar-refractivity contribution is 5.74. The van der Waals surface area contributed by atoms with Gasteiger partial charge in [-0.05, 0) is 32.4 Å². The molecular formula is C20H26FN5O. The van der Waals surface area contributed by atoms with Gasteiger partial charge in [-0.25, -0.2) is 19.2 Å². The van der Waals surface area contributed by atoms with Crippen LogP contribution in [0.2, 0.25) is 0 Å². The number of piperazine rings is 1. The number of amides is 2. The number of halogens is 1. The second-order valence-corrected chi connectivity index (χ2v) is 6.74. The minimum absolute atomic E-state index is 0.0289. The highest BCUT2D eigenvalue weighted by atomic mass is 19.1. The van der Waals surface area contributed by atoms with E-state index in [9.17, 15) is 9.18 Å². The summed E-state index contributed by atoms with van der Waals surface area (Å²) in [7, 11) is 0. The molecule has 1 aromatic carbocycles. The van der Waals surface area contributed by atoms with E-state index >= 15 is 0 Å². The second kappa shape index (κ2) is 8.33. The van der Waals surface area contributed by atoms with Gasteiger partial charge < -0.3 is 15.1 Å². The smallest absolute Gasteiger partial charge is 0.317 e. The van der Waals surface area contributed by atoms with Crippen LogP contribution in [0.4, 0.5) is 15.0 Å². The largest absolute Gasteiger partial charge is 0.353 e. The third-order valence-corrected chi connectivity index (χ3v) is 4.82. The lowest BCUT2D eigenvalue weighted by molar-refractivity contribution is 0.195. The van der Waals surface area contributed by atoms with E-state index in [1.165, 1.54) is 6.07 Å². The molecule has 6 nitrogen and oxygen atoms in total. The topological polar surface area (TPSA) is 61.4 Å². The van der Waals surface area contributed by atoms with E-state index in [-0.39, 0.29) is 11.8 Å². The van der Waals surface area contributed by atoms with Crippen molar-refractivity contribution in [1.82, 2.24) is 20.2 Å². The third kappa shape index (κ3) is 4.35. The summed E-state index contributed by atoms with van der Waals surface area (Å²) < 4.78 is 14.2. The molecule has 1 N–H and O–H groups in total. The van der Waals surface area contributed by atoms with Gasteiger partial charge in [0.2, 0.25) is 0 Å². The van der Waals surface area contributed by atoms with Crippen LogP contribution in [0.1, 0.15) is 29.6 Å². The molecule has 1 aliphatic rings. The molecule has 7 heteroatoms. The first kappa shape index (κ1) is 19.1. The molecule has 27 heavy (non-hydrogen) atoms. The lowest BCUT2D eigenvalue weighted by Crippen LogP contribution is -2.52. The molecule has 0 saturated carbocycles. The van der Waals surface area contributed by atoms with Crippen molar-refractivity contribution in [2.75, 3.05) is 37.6 Å². The van der Waals surface area contributed by atoms with E-state index in [1.54, 1.807) is 12.1 Å². The number of aryl methyl sites for hydroxylation is 2. The zero-order valence-electron chi connectivity index (χ0n) is 16.1. The molecule has 0 atom stereocenters. The minimum atomic E-state index is -0.218. The predicted octanol–water partition coefficient (Wildman–Crippen LogP) is 2.67. The molecule has 1 aromatic heterocycles. The number of nitrogens with zero attached hydrogens (tertiary/aromatic N) is 4. The fourth-order valence-corrected chi connectivity index (χ4v) is 3.40. The van der Waals surface area contributed by atoms with Gasteiger partial charge in [-0.15, -0.1) is 0 Å². The maximum atomic E-state index is 14.2. The average molecular weight is 371 g/mol. The van der Waals surface area contributed by atoms with Gasteiger partial charge in [0.25, 0.3) is 0 Å². The van der Waals surface area contributed by atoms with Crippen molar-refractivity contribution in [3.8, 4) is 0 Å². The summed E-state index contributed by atoms with van der Waals surface area (Å²) in [6.45, 7) is 8.99. The summed E-state index contributed by atoms with van der Waals surface area (Å²) in [5, 5.41) is 2.84. The van der Waals surface area contributed by atoms with Gasteiger partial charge in [0.15, 0.2) is 0 Å². The van der Waals surface area contributed by atoms with E-state index in [0.717, 1.165) is 17.1 Å². The van der Waals surface area contributed by atoms with Crippen molar-refractivity contribution in [2.45, 2.75) is 27.2 Å². The zero-order chi connectivity index (χ0) is 19.4. The number of rotatable bonds is 4. The van der Waals surface area contributed by atoms with Crippen LogP contribution in [0.5, 0.6) is 0 Å². The van der Waals surface area contributed by atoms with Crippen LogP contribution in [0.15, 0.2) is 24.3 Å². The molecular weight excluding hydrogens is 345 g/mol. The summed E-state index contributed by atoms with van der Waals surface area (Å²) in [5.41, 5.74) is 2.44. The maximum absolute atomic E-state index is 14.2. The van der Waals surface area contributed by atoms with Crippen molar-refractivity contribution < 1.29 is 9.18 Å². The van der Waals surface area contributed by atoms with Gasteiger partial charge in [-0.2, -0.15) is 0 Å². The molecule has 1 fully saturated rings. The minimum Gasteiger partial charge on any atom is -0.353 e. The molecule has 0 aliphatic carbocycles. The normalized spacial score (nSPS) is 14.4. The van der Waals surface area contributed by atoms with Gasteiger partial charge in [0.1, 0.15) is 17.5 Å². The van der Waals surface area contributed by atoms with Gasteiger partial charge in [0.05, 0.1) is 0 Å². The molecule has 2 heterocycles. The summed E-state index contributed by atoms with van der Waals surface area (Å²) in [6.07, 6.45) is 0.449. The first-order valence-corrected chi connectivity index (χ1v) is 9.34. The Hall–Kier alpha value is -2.70. The lowest BCUT2D eigenvalue weighted by atomic mass is 10.0.